The van der Waals surface area contributed by atoms with Crippen LogP contribution in [0.4, 0.5) is 0 Å². The first-order chi connectivity index (χ1) is 9.00. The maximum Gasteiger partial charge on any atom is 0.0251 e. The molecule has 0 aromatic carbocycles. The lowest BCUT2D eigenvalue weighted by atomic mass is 9.67. The smallest absolute Gasteiger partial charge is 0.0251 e. The molecule has 1 aliphatic rings. The highest BCUT2D eigenvalue weighted by Crippen LogP contribution is 2.41. The van der Waals surface area contributed by atoms with Crippen LogP contribution in [0.1, 0.15) is 66.7 Å². The van der Waals surface area contributed by atoms with E-state index >= 15 is 0 Å². The van der Waals surface area contributed by atoms with E-state index in [9.17, 15) is 0 Å². The van der Waals surface area contributed by atoms with Crippen molar-refractivity contribution in [2.24, 2.45) is 11.3 Å². The highest BCUT2D eigenvalue weighted by Gasteiger charge is 2.38. The minimum absolute atomic E-state index is 0.503. The summed E-state index contributed by atoms with van der Waals surface area (Å²) < 4.78 is 0. The third-order valence-electron chi connectivity index (χ3n) is 5.59. The second-order valence-electron chi connectivity index (χ2n) is 6.94. The normalized spacial score (nSPS) is 28.9. The molecular weight excluding hydrogens is 232 g/mol. The average molecular weight is 268 g/mol. The van der Waals surface area contributed by atoms with E-state index in [4.69, 9.17) is 0 Å². The van der Waals surface area contributed by atoms with Gasteiger partial charge < -0.3 is 5.32 Å². The molecule has 1 N–H and O–H groups in total. The van der Waals surface area contributed by atoms with Crippen LogP contribution in [-0.2, 0) is 0 Å². The number of nitrogens with zero attached hydrogens (tertiary/aromatic N) is 1. The summed E-state index contributed by atoms with van der Waals surface area (Å²) in [6.45, 7) is 14.3. The van der Waals surface area contributed by atoms with Gasteiger partial charge in [-0.3, -0.25) is 4.90 Å². The fraction of sp³-hybridized carbons (Fsp3) is 1.00. The minimum atomic E-state index is 0.503. The van der Waals surface area contributed by atoms with Crippen molar-refractivity contribution in [1.82, 2.24) is 10.2 Å². The minimum Gasteiger partial charge on any atom is -0.315 e. The number of rotatable bonds is 7. The maximum atomic E-state index is 3.58. The molecule has 0 saturated heterocycles. The lowest BCUT2D eigenvalue weighted by molar-refractivity contribution is 0.0543. The maximum absolute atomic E-state index is 3.58. The molecular formula is C17H36N2. The van der Waals surface area contributed by atoms with Gasteiger partial charge in [0.25, 0.3) is 0 Å². The Kier molecular flexibility index (Phi) is 6.82. The van der Waals surface area contributed by atoms with Crippen LogP contribution in [0.25, 0.3) is 0 Å². The van der Waals surface area contributed by atoms with E-state index in [1.54, 1.807) is 0 Å². The molecule has 2 nitrogen and oxygen atoms in total. The SMILES string of the molecule is CCCN(CC)C1CC(C(C)(C)CC)CCC1NC. The standard InChI is InChI=1S/C17H36N2/c1-7-12-19(9-3)16-13-14(17(4,5)8-2)10-11-15(16)18-6/h14-16,18H,7-13H2,1-6H3. The van der Waals surface area contributed by atoms with E-state index in [-0.39, 0.29) is 0 Å². The second kappa shape index (κ2) is 7.64. The molecule has 0 aromatic heterocycles. The molecule has 3 unspecified atom stereocenters. The van der Waals surface area contributed by atoms with Crippen molar-refractivity contribution in [2.45, 2.75) is 78.8 Å². The summed E-state index contributed by atoms with van der Waals surface area (Å²) in [7, 11) is 2.14. The van der Waals surface area contributed by atoms with E-state index in [0.29, 0.717) is 11.5 Å². The Labute approximate surface area is 121 Å². The van der Waals surface area contributed by atoms with Gasteiger partial charge in [0.15, 0.2) is 0 Å². The second-order valence-corrected chi connectivity index (χ2v) is 6.94. The molecule has 0 aromatic rings. The fourth-order valence-electron chi connectivity index (χ4n) is 3.73. The van der Waals surface area contributed by atoms with E-state index in [1.807, 2.05) is 0 Å². The Bertz CT molecular complexity index is 250. The highest BCUT2D eigenvalue weighted by molar-refractivity contribution is 4.94. The first-order valence-corrected chi connectivity index (χ1v) is 8.41. The molecule has 0 spiro atoms. The van der Waals surface area contributed by atoms with Crippen molar-refractivity contribution in [3.63, 3.8) is 0 Å². The van der Waals surface area contributed by atoms with E-state index in [0.717, 1.165) is 12.0 Å². The van der Waals surface area contributed by atoms with Crippen molar-refractivity contribution < 1.29 is 0 Å². The van der Waals surface area contributed by atoms with Gasteiger partial charge in [-0.1, -0.05) is 41.0 Å². The van der Waals surface area contributed by atoms with Crippen LogP contribution in [0.5, 0.6) is 0 Å². The van der Waals surface area contributed by atoms with Crippen LogP contribution >= 0.6 is 0 Å². The van der Waals surface area contributed by atoms with Gasteiger partial charge in [0.2, 0.25) is 0 Å². The zero-order chi connectivity index (χ0) is 14.5. The van der Waals surface area contributed by atoms with Gasteiger partial charge in [0, 0.05) is 12.1 Å². The number of nitrogens with one attached hydrogen (secondary N) is 1. The Morgan fingerprint density at radius 1 is 1.16 bits per heavy atom. The largest absolute Gasteiger partial charge is 0.315 e. The van der Waals surface area contributed by atoms with Gasteiger partial charge in [-0.2, -0.15) is 0 Å². The van der Waals surface area contributed by atoms with Gasteiger partial charge in [0.05, 0.1) is 0 Å². The molecule has 114 valence electrons. The Morgan fingerprint density at radius 2 is 1.84 bits per heavy atom. The van der Waals surface area contributed by atoms with Gasteiger partial charge in [-0.25, -0.2) is 0 Å². The van der Waals surface area contributed by atoms with Gasteiger partial charge in [0.1, 0.15) is 0 Å². The van der Waals surface area contributed by atoms with Crippen molar-refractivity contribution in [3.05, 3.63) is 0 Å². The Morgan fingerprint density at radius 3 is 2.32 bits per heavy atom. The van der Waals surface area contributed by atoms with Crippen LogP contribution in [0, 0.1) is 11.3 Å². The first-order valence-electron chi connectivity index (χ1n) is 8.41. The van der Waals surface area contributed by atoms with Crippen LogP contribution in [0.2, 0.25) is 0 Å². The quantitative estimate of drug-likeness (QED) is 0.753. The van der Waals surface area contributed by atoms with Crippen molar-refractivity contribution in [1.29, 1.82) is 0 Å². The van der Waals surface area contributed by atoms with Crippen molar-refractivity contribution in [3.8, 4) is 0 Å². The summed E-state index contributed by atoms with van der Waals surface area (Å²) in [6, 6.07) is 1.43. The third kappa shape index (κ3) is 4.19. The lowest BCUT2D eigenvalue weighted by Gasteiger charge is -2.47. The first kappa shape index (κ1) is 17.0. The molecule has 0 aliphatic heterocycles. The predicted molar refractivity (Wildman–Crippen MR) is 85.6 cm³/mol. The van der Waals surface area contributed by atoms with Crippen LogP contribution < -0.4 is 5.32 Å². The van der Waals surface area contributed by atoms with E-state index < -0.39 is 0 Å². The highest BCUT2D eigenvalue weighted by atomic mass is 15.2. The van der Waals surface area contributed by atoms with Gasteiger partial charge in [-0.15, -0.1) is 0 Å². The molecule has 1 rings (SSSR count). The number of hydrogen-bond acceptors (Lipinski definition) is 2. The molecule has 1 fully saturated rings. The van der Waals surface area contributed by atoms with Gasteiger partial charge in [-0.05, 0) is 57.2 Å². The summed E-state index contributed by atoms with van der Waals surface area (Å²) in [5, 5.41) is 3.58. The van der Waals surface area contributed by atoms with E-state index in [1.165, 1.54) is 45.2 Å². The zero-order valence-corrected chi connectivity index (χ0v) is 14.1. The summed E-state index contributed by atoms with van der Waals surface area (Å²) in [5.74, 6) is 0.887. The zero-order valence-electron chi connectivity index (χ0n) is 14.1. The van der Waals surface area contributed by atoms with Crippen LogP contribution in [-0.4, -0.2) is 37.1 Å². The number of likely N-dealkylation sites (N-methyl/N-ethyl adjacent to an activating group) is 2. The molecule has 0 heterocycles. The summed E-state index contributed by atoms with van der Waals surface area (Å²) in [6.07, 6.45) is 6.68. The van der Waals surface area contributed by atoms with E-state index in [2.05, 4.69) is 51.9 Å². The van der Waals surface area contributed by atoms with Crippen molar-refractivity contribution >= 4 is 0 Å². The Hall–Kier alpha value is -0.0800. The Balaban J connectivity index is 2.78. The molecule has 1 saturated carbocycles. The molecule has 2 heteroatoms. The van der Waals surface area contributed by atoms with Crippen LogP contribution in [0.3, 0.4) is 0 Å². The van der Waals surface area contributed by atoms with Crippen molar-refractivity contribution in [2.75, 3.05) is 20.1 Å². The topological polar surface area (TPSA) is 15.3 Å². The predicted octanol–water partition coefficient (Wildman–Crippen LogP) is 3.91. The molecule has 19 heavy (non-hydrogen) atoms. The third-order valence-corrected chi connectivity index (χ3v) is 5.59. The average Bonchev–Trinajstić information content (AvgIpc) is 2.44. The van der Waals surface area contributed by atoms with Gasteiger partial charge >= 0.3 is 0 Å². The molecule has 0 bridgehead atoms. The molecule has 3 atom stereocenters. The molecule has 0 amide bonds. The lowest BCUT2D eigenvalue weighted by Crippen LogP contribution is -2.54. The summed E-state index contributed by atoms with van der Waals surface area (Å²) in [5.41, 5.74) is 0.503. The van der Waals surface area contributed by atoms with Crippen LogP contribution in [0.15, 0.2) is 0 Å². The fourth-order valence-corrected chi connectivity index (χ4v) is 3.73. The summed E-state index contributed by atoms with van der Waals surface area (Å²) >= 11 is 0. The number of hydrogen-bond donors (Lipinski definition) is 1. The monoisotopic (exact) mass is 268 g/mol. The molecule has 1 aliphatic carbocycles. The molecule has 0 radical (unpaired) electrons. The summed E-state index contributed by atoms with van der Waals surface area (Å²) in [4.78, 5) is 2.71.